The molecule has 0 aliphatic heterocycles. The minimum atomic E-state index is -3.39. The third-order valence-electron chi connectivity index (χ3n) is 10.2. The summed E-state index contributed by atoms with van der Waals surface area (Å²) in [5.74, 6) is 0. The number of benzene rings is 6. The standard InChI is InChI=1S/C45H42Br2N2P2/c1-37-35-38(2)49(48-37)39(36-51(47,43-27-15-6-16-28-43,44-29-17-7-18-30-44)45-31-19-8-20-32-45)33-34-50(46,40-21-9-3-10-22-40,41-23-11-4-12-24-41)42-25-13-5-14-26-42/h3-33,35H,34,36H2,1-2H3. The number of hydrogen-bond acceptors (Lipinski definition) is 1. The van der Waals surface area contributed by atoms with Gasteiger partial charge in [0, 0.05) is 0 Å². The predicted octanol–water partition coefficient (Wildman–Crippen LogP) is 10.0. The summed E-state index contributed by atoms with van der Waals surface area (Å²) in [6.45, 7) is 4.26. The molecule has 0 aliphatic carbocycles. The van der Waals surface area contributed by atoms with Crippen LogP contribution in [0.2, 0.25) is 0 Å². The average Bonchev–Trinajstić information content (AvgIpc) is 3.55. The Labute approximate surface area is 318 Å². The van der Waals surface area contributed by atoms with Gasteiger partial charge in [0.1, 0.15) is 0 Å². The van der Waals surface area contributed by atoms with Crippen LogP contribution in [0, 0.1) is 13.8 Å². The van der Waals surface area contributed by atoms with Crippen LogP contribution in [-0.4, -0.2) is 22.1 Å². The first-order chi connectivity index (χ1) is 24.7. The van der Waals surface area contributed by atoms with E-state index in [0.29, 0.717) is 6.16 Å². The van der Waals surface area contributed by atoms with Crippen LogP contribution in [0.25, 0.3) is 5.70 Å². The fraction of sp³-hybridized carbons (Fsp3) is 0.0889. The van der Waals surface area contributed by atoms with Crippen LogP contribution < -0.4 is 31.8 Å². The summed E-state index contributed by atoms with van der Waals surface area (Å²) < 4.78 is 2.20. The molecule has 0 aliphatic rings. The maximum absolute atomic E-state index is 5.20. The Morgan fingerprint density at radius 2 is 0.784 bits per heavy atom. The molecule has 0 atom stereocenters. The number of nitrogens with zero attached hydrogens (tertiary/aromatic N) is 2. The van der Waals surface area contributed by atoms with E-state index >= 15 is 0 Å². The third-order valence-corrected chi connectivity index (χ3v) is 29.2. The molecule has 0 saturated carbocycles. The number of allylic oxidation sites excluding steroid dienone is 2. The van der Waals surface area contributed by atoms with Crippen molar-refractivity contribution in [2.75, 3.05) is 12.3 Å². The van der Waals surface area contributed by atoms with E-state index in [1.54, 1.807) is 0 Å². The van der Waals surface area contributed by atoms with Crippen molar-refractivity contribution in [1.82, 2.24) is 9.78 Å². The molecule has 0 saturated heterocycles. The Morgan fingerprint density at radius 3 is 1.06 bits per heavy atom. The van der Waals surface area contributed by atoms with E-state index < -0.39 is 10.6 Å². The molecule has 7 rings (SSSR count). The molecule has 2 nitrogen and oxygen atoms in total. The molecule has 0 spiro atoms. The van der Waals surface area contributed by atoms with Crippen molar-refractivity contribution < 1.29 is 0 Å². The summed E-state index contributed by atoms with van der Waals surface area (Å²) in [6.07, 6.45) is 3.95. The molecule has 51 heavy (non-hydrogen) atoms. The predicted molar refractivity (Wildman–Crippen MR) is 234 cm³/mol. The second-order valence-corrected chi connectivity index (χ2v) is 31.2. The van der Waals surface area contributed by atoms with E-state index in [-0.39, 0.29) is 0 Å². The Morgan fingerprint density at radius 1 is 0.490 bits per heavy atom. The van der Waals surface area contributed by atoms with Crippen molar-refractivity contribution in [3.63, 3.8) is 0 Å². The average molecular weight is 833 g/mol. The van der Waals surface area contributed by atoms with E-state index in [0.717, 1.165) is 23.2 Å². The van der Waals surface area contributed by atoms with Gasteiger partial charge in [-0.2, -0.15) is 0 Å². The van der Waals surface area contributed by atoms with Gasteiger partial charge in [-0.25, -0.2) is 0 Å². The summed E-state index contributed by atoms with van der Waals surface area (Å²) in [6, 6.07) is 68.4. The molecule has 0 bridgehead atoms. The fourth-order valence-corrected chi connectivity index (χ4v) is 22.3. The van der Waals surface area contributed by atoms with Crippen LogP contribution in [0.1, 0.15) is 11.4 Å². The number of aryl methyl sites for hydroxylation is 2. The van der Waals surface area contributed by atoms with Crippen molar-refractivity contribution in [3.8, 4) is 0 Å². The van der Waals surface area contributed by atoms with Crippen LogP contribution in [0.4, 0.5) is 0 Å². The van der Waals surface area contributed by atoms with Crippen molar-refractivity contribution in [3.05, 3.63) is 206 Å². The van der Waals surface area contributed by atoms with Gasteiger partial charge in [-0.15, -0.1) is 0 Å². The Balaban J connectivity index is 1.57. The van der Waals surface area contributed by atoms with Crippen molar-refractivity contribution in [2.24, 2.45) is 0 Å². The van der Waals surface area contributed by atoms with Crippen LogP contribution in [0.15, 0.2) is 194 Å². The molecule has 0 N–H and O–H groups in total. The molecule has 0 unspecified atom stereocenters. The number of rotatable bonds is 11. The van der Waals surface area contributed by atoms with Gasteiger partial charge in [0.2, 0.25) is 0 Å². The van der Waals surface area contributed by atoms with Crippen LogP contribution in [0.5, 0.6) is 0 Å². The number of halogens is 2. The molecule has 1 aromatic heterocycles. The van der Waals surface area contributed by atoms with Crippen molar-refractivity contribution in [2.45, 2.75) is 13.8 Å². The Bertz CT molecular complexity index is 2060. The monoisotopic (exact) mass is 830 g/mol. The van der Waals surface area contributed by atoms with Crippen LogP contribution in [-0.2, 0) is 0 Å². The molecule has 0 radical (unpaired) electrons. The summed E-state index contributed by atoms with van der Waals surface area (Å²) in [4.78, 5) is 0. The quantitative estimate of drug-likeness (QED) is 0.119. The second kappa shape index (κ2) is 14.3. The molecular formula is C45H42Br2N2P2. The Hall–Kier alpha value is -3.91. The molecule has 7 aromatic rings. The summed E-state index contributed by atoms with van der Waals surface area (Å²) in [7, 11) is 0. The van der Waals surface area contributed by atoms with Crippen LogP contribution in [0.3, 0.4) is 0 Å². The summed E-state index contributed by atoms with van der Waals surface area (Å²) >= 11 is 9.49. The molecule has 1 heterocycles. The molecule has 0 amide bonds. The minimum absolute atomic E-state index is 0.712. The third kappa shape index (κ3) is 6.11. The van der Waals surface area contributed by atoms with E-state index in [1.807, 2.05) is 0 Å². The zero-order valence-corrected chi connectivity index (χ0v) is 33.9. The van der Waals surface area contributed by atoms with Gasteiger partial charge in [-0.05, 0) is 0 Å². The Kier molecular flexibility index (Phi) is 9.92. The zero-order chi connectivity index (χ0) is 35.4. The van der Waals surface area contributed by atoms with E-state index in [1.165, 1.54) is 31.8 Å². The number of aromatic nitrogens is 2. The van der Waals surface area contributed by atoms with Gasteiger partial charge < -0.3 is 0 Å². The zero-order valence-electron chi connectivity index (χ0n) is 28.9. The normalized spacial score (nSPS) is 13.8. The SMILES string of the molecule is Cc1cc(C)n(C(=CCP(Br)(c2ccccc2)(c2ccccc2)c2ccccc2)CP(Br)(c2ccccc2)(c2ccccc2)c2ccccc2)n1. The van der Waals surface area contributed by atoms with Crippen molar-refractivity contribution >= 4 is 79.1 Å². The van der Waals surface area contributed by atoms with Crippen molar-refractivity contribution in [1.29, 1.82) is 0 Å². The van der Waals surface area contributed by atoms with Gasteiger partial charge in [-0.3, -0.25) is 0 Å². The molecule has 256 valence electrons. The molecule has 6 heteroatoms. The van der Waals surface area contributed by atoms with Gasteiger partial charge in [0.05, 0.1) is 0 Å². The first kappa shape index (κ1) is 35.5. The van der Waals surface area contributed by atoms with E-state index in [9.17, 15) is 0 Å². The first-order valence-corrected chi connectivity index (χ1v) is 26.2. The van der Waals surface area contributed by atoms with Gasteiger partial charge in [-0.1, -0.05) is 0 Å². The fourth-order valence-electron chi connectivity index (χ4n) is 7.64. The van der Waals surface area contributed by atoms with Gasteiger partial charge in [0.25, 0.3) is 0 Å². The van der Waals surface area contributed by atoms with Crippen LogP contribution >= 0.6 is 41.6 Å². The maximum atomic E-state index is 5.20. The molecular weight excluding hydrogens is 790 g/mol. The van der Waals surface area contributed by atoms with Gasteiger partial charge in [0.15, 0.2) is 0 Å². The molecule has 6 aromatic carbocycles. The summed E-state index contributed by atoms with van der Waals surface area (Å²) in [5.41, 5.74) is 3.26. The summed E-state index contributed by atoms with van der Waals surface area (Å²) in [5, 5.41) is 6.19. The van der Waals surface area contributed by atoms with E-state index in [4.69, 9.17) is 36.1 Å². The topological polar surface area (TPSA) is 17.8 Å². The number of hydrogen-bond donors (Lipinski definition) is 0. The van der Waals surface area contributed by atoms with Gasteiger partial charge >= 0.3 is 321 Å². The van der Waals surface area contributed by atoms with E-state index in [2.05, 4.69) is 213 Å². The second-order valence-electron chi connectivity index (χ2n) is 13.3. The molecule has 0 fully saturated rings. The first-order valence-electron chi connectivity index (χ1n) is 17.3.